The van der Waals surface area contributed by atoms with Gasteiger partial charge in [-0.1, -0.05) is 194 Å². The molecule has 9 aromatic rings. The summed E-state index contributed by atoms with van der Waals surface area (Å²) in [5.74, 6) is 0.692. The second-order valence-corrected chi connectivity index (χ2v) is 13.8. The number of aromatic nitrogens is 2. The van der Waals surface area contributed by atoms with Gasteiger partial charge in [0.05, 0.1) is 17.1 Å². The molecule has 0 saturated carbocycles. The normalized spacial score (nSPS) is 11.4. The molecule has 0 bridgehead atoms. The lowest BCUT2D eigenvalue weighted by Gasteiger charge is -2.14. The number of hydrogen-bond acceptors (Lipinski definition) is 3. The van der Waals surface area contributed by atoms with Crippen LogP contribution in [-0.2, 0) is 0 Å². The van der Waals surface area contributed by atoms with Crippen molar-refractivity contribution >= 4 is 22.1 Å². The quantitative estimate of drug-likeness (QED) is 0.151. The summed E-state index contributed by atoms with van der Waals surface area (Å²) in [6, 6.07) is 73.3. The maximum absolute atomic E-state index is 9.02. The van der Waals surface area contributed by atoms with Gasteiger partial charge in [0.25, 0.3) is 0 Å². The van der Waals surface area contributed by atoms with Gasteiger partial charge in [-0.05, 0) is 79.6 Å². The number of benzene rings is 8. The summed E-state index contributed by atoms with van der Waals surface area (Å²) in [6.45, 7) is 0. The van der Waals surface area contributed by atoms with E-state index in [0.29, 0.717) is 11.5 Å². The topological polar surface area (TPSA) is 49.6 Å². The largest absolute Gasteiger partial charge is 0.300 e. The Bertz CT molecular complexity index is 2830. The van der Waals surface area contributed by atoms with Crippen molar-refractivity contribution in [2.45, 2.75) is 0 Å². The highest BCUT2D eigenvalue weighted by atomic mass is 14.9. The third kappa shape index (κ3) is 7.22. The summed E-state index contributed by atoms with van der Waals surface area (Å²) in [4.78, 5) is 10.2. The van der Waals surface area contributed by atoms with Gasteiger partial charge in [0, 0.05) is 16.7 Å². The molecule has 3 heteroatoms. The van der Waals surface area contributed by atoms with Crippen molar-refractivity contribution in [3.05, 3.63) is 235 Å². The first-order valence-electron chi connectivity index (χ1n) is 18.8. The molecule has 0 aliphatic rings. The molecular weight excluding hydrogens is 679 g/mol. The molecule has 0 aliphatic heterocycles. The molecule has 0 unspecified atom stereocenters. The lowest BCUT2D eigenvalue weighted by molar-refractivity contribution is 1.18. The summed E-state index contributed by atoms with van der Waals surface area (Å²) in [7, 11) is 0. The summed E-state index contributed by atoms with van der Waals surface area (Å²) >= 11 is 0. The average Bonchev–Trinajstić information content (AvgIpc) is 3.29. The van der Waals surface area contributed by atoms with Crippen LogP contribution in [0.15, 0.2) is 218 Å². The minimum absolute atomic E-state index is 0.473. The molecule has 1 N–H and O–H groups in total. The Morgan fingerprint density at radius 3 is 1.57 bits per heavy atom. The van der Waals surface area contributed by atoms with E-state index < -0.39 is 0 Å². The zero-order valence-corrected chi connectivity index (χ0v) is 30.7. The van der Waals surface area contributed by atoms with E-state index in [0.717, 1.165) is 77.8 Å². The maximum Gasteiger partial charge on any atom is 0.160 e. The van der Waals surface area contributed by atoms with Gasteiger partial charge in [-0.15, -0.1) is 0 Å². The van der Waals surface area contributed by atoms with Gasteiger partial charge in [-0.3, -0.25) is 0 Å². The van der Waals surface area contributed by atoms with E-state index in [1.54, 1.807) is 0 Å². The summed E-state index contributed by atoms with van der Waals surface area (Å²) in [6.07, 6.45) is 2.00. The molecule has 8 aromatic carbocycles. The number of rotatable bonds is 9. The van der Waals surface area contributed by atoms with E-state index in [-0.39, 0.29) is 0 Å². The zero-order valence-electron chi connectivity index (χ0n) is 30.7. The van der Waals surface area contributed by atoms with Gasteiger partial charge in [0.2, 0.25) is 0 Å². The average molecular weight is 716 g/mol. The molecule has 1 heterocycles. The molecule has 0 atom stereocenters. The van der Waals surface area contributed by atoms with Gasteiger partial charge < -0.3 is 5.41 Å². The summed E-state index contributed by atoms with van der Waals surface area (Å²) in [5.41, 5.74) is 13.8. The second kappa shape index (κ2) is 15.5. The number of nitrogens with one attached hydrogen (secondary N) is 1. The Kier molecular flexibility index (Phi) is 9.47. The number of fused-ring (bicyclic) bond motifs is 1. The minimum atomic E-state index is 0.473. The van der Waals surface area contributed by atoms with Crippen LogP contribution in [0.4, 0.5) is 0 Å². The lowest BCUT2D eigenvalue weighted by Crippen LogP contribution is -1.98. The van der Waals surface area contributed by atoms with E-state index in [9.17, 15) is 0 Å². The molecule has 0 radical (unpaired) electrons. The van der Waals surface area contributed by atoms with Gasteiger partial charge in [-0.25, -0.2) is 9.97 Å². The van der Waals surface area contributed by atoms with Crippen LogP contribution in [0, 0.1) is 5.41 Å². The second-order valence-electron chi connectivity index (χ2n) is 13.8. The van der Waals surface area contributed by atoms with Crippen molar-refractivity contribution in [2.24, 2.45) is 0 Å². The van der Waals surface area contributed by atoms with Crippen molar-refractivity contribution in [3.63, 3.8) is 0 Å². The van der Waals surface area contributed by atoms with Crippen LogP contribution >= 0.6 is 0 Å². The number of allylic oxidation sites excluding steroid dienone is 1. The third-order valence-corrected chi connectivity index (χ3v) is 10.2. The standard InChI is InChI=1S/C53H37N3/c54-50(41-19-9-3-10-20-41)35-49(39-17-7-2-8-18-39)47-26-14-23-40-29-32-45(34-48(40)47)38-27-30-42(31-28-38)51-36-52(56-53(55-51)43-21-11-4-12-22-43)46-25-13-24-44(33-46)37-15-5-1-6-16-37/h1-36,54H/b49-35-,54-50?. The fourth-order valence-corrected chi connectivity index (χ4v) is 7.25. The Morgan fingerprint density at radius 1 is 0.375 bits per heavy atom. The van der Waals surface area contributed by atoms with E-state index in [1.165, 1.54) is 5.56 Å². The van der Waals surface area contributed by atoms with Crippen molar-refractivity contribution in [1.82, 2.24) is 9.97 Å². The van der Waals surface area contributed by atoms with Crippen molar-refractivity contribution in [3.8, 4) is 56.2 Å². The van der Waals surface area contributed by atoms with Crippen molar-refractivity contribution < 1.29 is 0 Å². The molecule has 264 valence electrons. The van der Waals surface area contributed by atoms with E-state index >= 15 is 0 Å². The van der Waals surface area contributed by atoms with Crippen LogP contribution in [-0.4, -0.2) is 15.7 Å². The van der Waals surface area contributed by atoms with E-state index in [1.807, 2.05) is 66.7 Å². The minimum Gasteiger partial charge on any atom is -0.300 e. The highest BCUT2D eigenvalue weighted by molar-refractivity contribution is 6.13. The SMILES string of the molecule is N=C(/C=C(/c1ccccc1)c1cccc2ccc(-c3ccc(-c4cc(-c5cccc(-c6ccccc6)c5)nc(-c5ccccc5)n4)cc3)cc12)c1ccccc1. The van der Waals surface area contributed by atoms with Crippen LogP contribution in [0.5, 0.6) is 0 Å². The van der Waals surface area contributed by atoms with Crippen LogP contribution in [0.3, 0.4) is 0 Å². The smallest absolute Gasteiger partial charge is 0.160 e. The Balaban J connectivity index is 1.10. The van der Waals surface area contributed by atoms with Crippen molar-refractivity contribution in [2.75, 3.05) is 0 Å². The lowest BCUT2D eigenvalue weighted by atomic mass is 9.90. The predicted octanol–water partition coefficient (Wildman–Crippen LogP) is 13.5. The fraction of sp³-hybridized carbons (Fsp3) is 0. The molecular formula is C53H37N3. The molecule has 0 aliphatic carbocycles. The molecule has 1 aromatic heterocycles. The first kappa shape index (κ1) is 34.3. The zero-order chi connectivity index (χ0) is 37.7. The molecule has 9 rings (SSSR count). The predicted molar refractivity (Wildman–Crippen MR) is 234 cm³/mol. The monoisotopic (exact) mass is 715 g/mol. The van der Waals surface area contributed by atoms with Gasteiger partial charge >= 0.3 is 0 Å². The third-order valence-electron chi connectivity index (χ3n) is 10.2. The first-order chi connectivity index (χ1) is 27.7. The molecule has 3 nitrogen and oxygen atoms in total. The van der Waals surface area contributed by atoms with E-state index in [2.05, 4.69) is 152 Å². The molecule has 0 spiro atoms. The molecule has 56 heavy (non-hydrogen) atoms. The Hall–Kier alpha value is -7.49. The van der Waals surface area contributed by atoms with Crippen LogP contribution in [0.25, 0.3) is 72.5 Å². The number of hydrogen-bond donors (Lipinski definition) is 1. The Morgan fingerprint density at radius 2 is 0.875 bits per heavy atom. The summed E-state index contributed by atoms with van der Waals surface area (Å²) in [5, 5.41) is 11.3. The van der Waals surface area contributed by atoms with Crippen LogP contribution in [0.2, 0.25) is 0 Å². The number of nitrogens with zero attached hydrogens (tertiary/aromatic N) is 2. The molecule has 0 fully saturated rings. The molecule has 0 saturated heterocycles. The highest BCUT2D eigenvalue weighted by Gasteiger charge is 2.14. The van der Waals surface area contributed by atoms with Crippen LogP contribution < -0.4 is 0 Å². The van der Waals surface area contributed by atoms with Gasteiger partial charge in [-0.2, -0.15) is 0 Å². The van der Waals surface area contributed by atoms with E-state index in [4.69, 9.17) is 15.4 Å². The van der Waals surface area contributed by atoms with Crippen LogP contribution in [0.1, 0.15) is 16.7 Å². The Labute approximate surface area is 327 Å². The van der Waals surface area contributed by atoms with Gasteiger partial charge in [0.15, 0.2) is 5.82 Å². The fourth-order valence-electron chi connectivity index (χ4n) is 7.25. The first-order valence-corrected chi connectivity index (χ1v) is 18.8. The highest BCUT2D eigenvalue weighted by Crippen LogP contribution is 2.35. The van der Waals surface area contributed by atoms with Crippen molar-refractivity contribution in [1.29, 1.82) is 5.41 Å². The molecule has 0 amide bonds. The maximum atomic E-state index is 9.02. The van der Waals surface area contributed by atoms with Gasteiger partial charge in [0.1, 0.15) is 0 Å². The summed E-state index contributed by atoms with van der Waals surface area (Å²) < 4.78 is 0.